The van der Waals surface area contributed by atoms with Gasteiger partial charge in [-0.3, -0.25) is 0 Å². The predicted octanol–water partition coefficient (Wildman–Crippen LogP) is 2.77. The van der Waals surface area contributed by atoms with Gasteiger partial charge in [0.2, 0.25) is 0 Å². The molecule has 0 radical (unpaired) electrons. The lowest BCUT2D eigenvalue weighted by Crippen LogP contribution is -2.24. The van der Waals surface area contributed by atoms with E-state index in [4.69, 9.17) is 32.0 Å². The highest BCUT2D eigenvalue weighted by Gasteiger charge is 2.32. The van der Waals surface area contributed by atoms with Crippen molar-refractivity contribution in [1.82, 2.24) is 0 Å². The SMILES string of the molecule is CC1(C)CCC(COc2cccc(Cl)c2/C(N)=N/O)O1. The summed E-state index contributed by atoms with van der Waals surface area (Å²) in [5, 5.41) is 12.2. The number of nitrogens with two attached hydrogens (primary N) is 1. The Bertz CT molecular complexity index is 517. The first-order valence-electron chi connectivity index (χ1n) is 6.50. The highest BCUT2D eigenvalue weighted by molar-refractivity contribution is 6.34. The maximum atomic E-state index is 8.81. The van der Waals surface area contributed by atoms with Gasteiger partial charge < -0.3 is 20.4 Å². The molecule has 1 fully saturated rings. The summed E-state index contributed by atoms with van der Waals surface area (Å²) < 4.78 is 11.6. The Balaban J connectivity index is 2.09. The van der Waals surface area contributed by atoms with Crippen molar-refractivity contribution >= 4 is 17.4 Å². The molecular weight excluding hydrogens is 280 g/mol. The van der Waals surface area contributed by atoms with Crippen LogP contribution in [-0.4, -0.2) is 29.4 Å². The van der Waals surface area contributed by atoms with Gasteiger partial charge >= 0.3 is 0 Å². The molecule has 1 aliphatic heterocycles. The zero-order chi connectivity index (χ0) is 14.8. The Morgan fingerprint density at radius 3 is 2.95 bits per heavy atom. The van der Waals surface area contributed by atoms with Crippen molar-refractivity contribution < 1.29 is 14.7 Å². The summed E-state index contributed by atoms with van der Waals surface area (Å²) in [7, 11) is 0. The molecule has 0 bridgehead atoms. The lowest BCUT2D eigenvalue weighted by molar-refractivity contribution is -0.0326. The molecule has 0 spiro atoms. The van der Waals surface area contributed by atoms with Crippen molar-refractivity contribution in [3.8, 4) is 5.75 Å². The van der Waals surface area contributed by atoms with Gasteiger partial charge in [0.05, 0.1) is 22.3 Å². The summed E-state index contributed by atoms with van der Waals surface area (Å²) in [6.07, 6.45) is 2.00. The molecule has 110 valence electrons. The van der Waals surface area contributed by atoms with E-state index in [0.717, 1.165) is 12.8 Å². The van der Waals surface area contributed by atoms with E-state index >= 15 is 0 Å². The standard InChI is InChI=1S/C14H19ClN2O3/c1-14(2)7-6-9(20-14)8-19-11-5-3-4-10(15)12(11)13(16)17-18/h3-5,9,18H,6-8H2,1-2H3,(H2,16,17). The van der Waals surface area contributed by atoms with Crippen LogP contribution in [0.15, 0.2) is 23.4 Å². The van der Waals surface area contributed by atoms with Crippen LogP contribution < -0.4 is 10.5 Å². The summed E-state index contributed by atoms with van der Waals surface area (Å²) in [6, 6.07) is 5.15. The molecule has 1 atom stereocenters. The number of hydrogen-bond acceptors (Lipinski definition) is 4. The molecule has 1 saturated heterocycles. The number of nitrogens with zero attached hydrogens (tertiary/aromatic N) is 1. The van der Waals surface area contributed by atoms with Gasteiger partial charge in [0.1, 0.15) is 12.4 Å². The van der Waals surface area contributed by atoms with Gasteiger partial charge in [-0.25, -0.2) is 0 Å². The largest absolute Gasteiger partial charge is 0.490 e. The Morgan fingerprint density at radius 2 is 2.35 bits per heavy atom. The molecule has 1 aromatic rings. The molecule has 20 heavy (non-hydrogen) atoms. The third kappa shape index (κ3) is 3.35. The minimum atomic E-state index is -0.100. The zero-order valence-corrected chi connectivity index (χ0v) is 12.4. The van der Waals surface area contributed by atoms with Crippen molar-refractivity contribution in [2.24, 2.45) is 10.9 Å². The van der Waals surface area contributed by atoms with Crippen molar-refractivity contribution in [2.75, 3.05) is 6.61 Å². The van der Waals surface area contributed by atoms with Crippen LogP contribution in [0.5, 0.6) is 5.75 Å². The van der Waals surface area contributed by atoms with Crippen molar-refractivity contribution in [3.05, 3.63) is 28.8 Å². The van der Waals surface area contributed by atoms with Crippen molar-refractivity contribution in [3.63, 3.8) is 0 Å². The molecular formula is C14H19ClN2O3. The molecule has 1 heterocycles. The van der Waals surface area contributed by atoms with Gasteiger partial charge in [0.25, 0.3) is 0 Å². The van der Waals surface area contributed by atoms with Gasteiger partial charge in [-0.05, 0) is 38.8 Å². The lowest BCUT2D eigenvalue weighted by Gasteiger charge is -2.20. The maximum absolute atomic E-state index is 8.81. The smallest absolute Gasteiger partial charge is 0.175 e. The molecule has 1 unspecified atom stereocenters. The van der Waals surface area contributed by atoms with Crippen LogP contribution in [0, 0.1) is 0 Å². The van der Waals surface area contributed by atoms with E-state index in [0.29, 0.717) is 22.9 Å². The first-order chi connectivity index (χ1) is 9.43. The first kappa shape index (κ1) is 14.9. The second kappa shape index (κ2) is 5.89. The van der Waals surface area contributed by atoms with Crippen LogP contribution in [0.25, 0.3) is 0 Å². The van der Waals surface area contributed by atoms with E-state index in [1.165, 1.54) is 0 Å². The van der Waals surface area contributed by atoms with Gasteiger partial charge in [-0.2, -0.15) is 0 Å². The number of ether oxygens (including phenoxy) is 2. The monoisotopic (exact) mass is 298 g/mol. The molecule has 1 aromatic carbocycles. The summed E-state index contributed by atoms with van der Waals surface area (Å²) in [5.74, 6) is 0.416. The number of amidine groups is 1. The lowest BCUT2D eigenvalue weighted by atomic mass is 10.1. The number of rotatable bonds is 4. The Kier molecular flexibility index (Phi) is 4.40. The van der Waals surface area contributed by atoms with Gasteiger partial charge in [-0.15, -0.1) is 0 Å². The topological polar surface area (TPSA) is 77.1 Å². The quantitative estimate of drug-likeness (QED) is 0.388. The normalized spacial score (nSPS) is 21.9. The highest BCUT2D eigenvalue weighted by Crippen LogP contribution is 2.31. The third-order valence-corrected chi connectivity index (χ3v) is 3.63. The van der Waals surface area contributed by atoms with E-state index < -0.39 is 0 Å². The Hall–Kier alpha value is -1.46. The van der Waals surface area contributed by atoms with Gasteiger partial charge in [0, 0.05) is 0 Å². The van der Waals surface area contributed by atoms with Crippen LogP contribution in [0.3, 0.4) is 0 Å². The van der Waals surface area contributed by atoms with Crippen LogP contribution in [0.1, 0.15) is 32.3 Å². The fourth-order valence-corrected chi connectivity index (χ4v) is 2.56. The maximum Gasteiger partial charge on any atom is 0.175 e. The molecule has 1 aliphatic rings. The summed E-state index contributed by atoms with van der Waals surface area (Å²) >= 11 is 6.06. The Morgan fingerprint density at radius 1 is 1.60 bits per heavy atom. The van der Waals surface area contributed by atoms with E-state index in [1.54, 1.807) is 18.2 Å². The third-order valence-electron chi connectivity index (χ3n) is 3.32. The summed E-state index contributed by atoms with van der Waals surface area (Å²) in [4.78, 5) is 0. The summed E-state index contributed by atoms with van der Waals surface area (Å²) in [5.41, 5.74) is 5.92. The Labute approximate surface area is 123 Å². The van der Waals surface area contributed by atoms with Crippen LogP contribution >= 0.6 is 11.6 Å². The number of halogens is 1. The molecule has 0 aromatic heterocycles. The van der Waals surface area contributed by atoms with E-state index in [9.17, 15) is 0 Å². The average molecular weight is 299 g/mol. The predicted molar refractivity (Wildman–Crippen MR) is 77.6 cm³/mol. The zero-order valence-electron chi connectivity index (χ0n) is 11.6. The fourth-order valence-electron chi connectivity index (χ4n) is 2.30. The van der Waals surface area contributed by atoms with Crippen molar-refractivity contribution in [2.45, 2.75) is 38.4 Å². The number of hydrogen-bond donors (Lipinski definition) is 2. The second-order valence-corrected chi connectivity index (χ2v) is 5.85. The van der Waals surface area contributed by atoms with Gasteiger partial charge in [0.15, 0.2) is 5.84 Å². The molecule has 0 aliphatic carbocycles. The second-order valence-electron chi connectivity index (χ2n) is 5.45. The minimum Gasteiger partial charge on any atom is -0.490 e. The number of benzene rings is 1. The van der Waals surface area contributed by atoms with Crippen LogP contribution in [0.4, 0.5) is 0 Å². The molecule has 5 nitrogen and oxygen atoms in total. The van der Waals surface area contributed by atoms with E-state index in [2.05, 4.69) is 19.0 Å². The van der Waals surface area contributed by atoms with Crippen LogP contribution in [0.2, 0.25) is 5.02 Å². The van der Waals surface area contributed by atoms with E-state index in [1.807, 2.05) is 0 Å². The van der Waals surface area contributed by atoms with Gasteiger partial charge in [-0.1, -0.05) is 22.8 Å². The molecule has 0 amide bonds. The fraction of sp³-hybridized carbons (Fsp3) is 0.500. The first-order valence-corrected chi connectivity index (χ1v) is 6.88. The summed E-state index contributed by atoms with van der Waals surface area (Å²) in [6.45, 7) is 4.54. The number of oxime groups is 1. The molecule has 3 N–H and O–H groups in total. The highest BCUT2D eigenvalue weighted by atomic mass is 35.5. The van der Waals surface area contributed by atoms with E-state index in [-0.39, 0.29) is 17.5 Å². The van der Waals surface area contributed by atoms with Crippen molar-refractivity contribution in [1.29, 1.82) is 0 Å². The average Bonchev–Trinajstić information content (AvgIpc) is 2.75. The minimum absolute atomic E-state index is 0.0455. The van der Waals surface area contributed by atoms with Crippen LogP contribution in [-0.2, 0) is 4.74 Å². The molecule has 0 saturated carbocycles. The molecule has 2 rings (SSSR count). The molecule has 6 heteroatoms.